The van der Waals surface area contributed by atoms with E-state index in [1.807, 2.05) is 55.5 Å². The maximum Gasteiger partial charge on any atom is 0.198 e. The number of methoxy groups -OCH3 is 1. The maximum absolute atomic E-state index is 7.44. The van der Waals surface area contributed by atoms with Crippen LogP contribution in [0.15, 0.2) is 52.9 Å². The monoisotopic (exact) mass is 289 g/mol. The quantitative estimate of drug-likeness (QED) is 0.622. The lowest BCUT2D eigenvalue weighted by atomic mass is 10.1. The van der Waals surface area contributed by atoms with E-state index in [-0.39, 0.29) is 0 Å². The average molecular weight is 289 g/mol. The van der Waals surface area contributed by atoms with Crippen LogP contribution in [-0.4, -0.2) is 7.11 Å². The van der Waals surface area contributed by atoms with Crippen molar-refractivity contribution in [1.82, 2.24) is 0 Å². The van der Waals surface area contributed by atoms with Crippen molar-refractivity contribution < 1.29 is 9.15 Å². The predicted octanol–water partition coefficient (Wildman–Crippen LogP) is 5.17. The molecule has 0 unspecified atom stereocenters. The Morgan fingerprint density at radius 1 is 1.18 bits per heavy atom. The number of fused-ring (bicyclic) bond motifs is 1. The minimum absolute atomic E-state index is 0.525. The van der Waals surface area contributed by atoms with Crippen molar-refractivity contribution in [2.45, 2.75) is 6.92 Å². The fraction of sp³-hybridized carbons (Fsp3) is 0.105. The van der Waals surface area contributed by atoms with E-state index >= 15 is 0 Å². The molecule has 0 saturated carbocycles. The van der Waals surface area contributed by atoms with E-state index in [1.54, 1.807) is 13.2 Å². The Balaban J connectivity index is 2.05. The minimum Gasteiger partial charge on any atom is -0.497 e. The molecule has 0 atom stereocenters. The van der Waals surface area contributed by atoms with Crippen LogP contribution in [0.2, 0.25) is 0 Å². The molecule has 3 nitrogen and oxygen atoms in total. The number of ether oxygens (including phenoxy) is 1. The first kappa shape index (κ1) is 14.0. The van der Waals surface area contributed by atoms with Crippen LogP contribution in [0.5, 0.6) is 5.75 Å². The van der Waals surface area contributed by atoms with Gasteiger partial charge in [-0.2, -0.15) is 0 Å². The molecule has 3 rings (SSSR count). The number of hydrogen-bond acceptors (Lipinski definition) is 2. The molecular formula is C19H15NO2. The zero-order chi connectivity index (χ0) is 15.5. The number of furan rings is 1. The van der Waals surface area contributed by atoms with Gasteiger partial charge in [0.2, 0.25) is 0 Å². The largest absolute Gasteiger partial charge is 0.497 e. The molecule has 0 aliphatic rings. The van der Waals surface area contributed by atoms with Gasteiger partial charge < -0.3 is 9.15 Å². The van der Waals surface area contributed by atoms with Crippen LogP contribution in [0.3, 0.4) is 0 Å². The number of nitrogens with zero attached hydrogens (tertiary/aromatic N) is 1. The average Bonchev–Trinajstić information content (AvgIpc) is 2.95. The van der Waals surface area contributed by atoms with Gasteiger partial charge in [0, 0.05) is 5.39 Å². The summed E-state index contributed by atoms with van der Waals surface area (Å²) in [6, 6.07) is 15.5. The number of para-hydroxylation sites is 1. The lowest BCUT2D eigenvalue weighted by molar-refractivity contribution is 0.411. The second kappa shape index (κ2) is 5.79. The summed E-state index contributed by atoms with van der Waals surface area (Å²) in [5.41, 5.74) is 3.20. The summed E-state index contributed by atoms with van der Waals surface area (Å²) in [7, 11) is 1.63. The van der Waals surface area contributed by atoms with Gasteiger partial charge in [-0.3, -0.25) is 0 Å². The third-order valence-corrected chi connectivity index (χ3v) is 3.55. The van der Waals surface area contributed by atoms with Crippen LogP contribution >= 0.6 is 0 Å². The van der Waals surface area contributed by atoms with Gasteiger partial charge in [-0.15, -0.1) is 0 Å². The van der Waals surface area contributed by atoms with Gasteiger partial charge in [0.25, 0.3) is 0 Å². The van der Waals surface area contributed by atoms with Crippen LogP contribution in [-0.2, 0) is 0 Å². The van der Waals surface area contributed by atoms with Crippen LogP contribution in [0.4, 0.5) is 0 Å². The number of aryl methyl sites for hydroxylation is 1. The summed E-state index contributed by atoms with van der Waals surface area (Å²) in [6.07, 6.45) is 1.76. The van der Waals surface area contributed by atoms with Crippen molar-refractivity contribution in [3.05, 3.63) is 76.8 Å². The Kier molecular flexibility index (Phi) is 3.67. The Bertz CT molecular complexity index is 864. The lowest BCUT2D eigenvalue weighted by Gasteiger charge is -2.06. The molecule has 0 spiro atoms. The van der Waals surface area contributed by atoms with Crippen LogP contribution < -0.4 is 4.74 Å². The van der Waals surface area contributed by atoms with Gasteiger partial charge in [-0.1, -0.05) is 30.3 Å². The van der Waals surface area contributed by atoms with Gasteiger partial charge in [0.05, 0.1) is 13.7 Å². The second-order valence-electron chi connectivity index (χ2n) is 5.01. The molecule has 3 aromatic rings. The Morgan fingerprint density at radius 3 is 2.73 bits per heavy atom. The highest BCUT2D eigenvalue weighted by Crippen LogP contribution is 2.28. The maximum atomic E-state index is 7.44. The minimum atomic E-state index is 0.525. The van der Waals surface area contributed by atoms with E-state index in [1.165, 1.54) is 0 Å². The molecule has 0 amide bonds. The molecule has 3 heteroatoms. The molecule has 0 fully saturated rings. The number of rotatable bonds is 3. The second-order valence-corrected chi connectivity index (χ2v) is 5.01. The summed E-state index contributed by atoms with van der Waals surface area (Å²) >= 11 is 0. The predicted molar refractivity (Wildman–Crippen MR) is 88.4 cm³/mol. The van der Waals surface area contributed by atoms with Gasteiger partial charge >= 0.3 is 0 Å². The third kappa shape index (κ3) is 2.59. The van der Waals surface area contributed by atoms with Crippen LogP contribution in [0.25, 0.3) is 27.6 Å². The van der Waals surface area contributed by atoms with Crippen molar-refractivity contribution in [3.8, 4) is 5.75 Å². The topological polar surface area (TPSA) is 26.7 Å². The molecule has 0 aliphatic carbocycles. The standard InChI is InChI=1S/C19H15NO2/c1-13-8-9-14(11-19(13)21-3)17(20-2)12-16-10-15-6-4-5-7-18(15)22-16/h4-12H,1,3H3/b17-12-. The first-order valence-corrected chi connectivity index (χ1v) is 6.94. The van der Waals surface area contributed by atoms with Gasteiger partial charge in [0.1, 0.15) is 17.1 Å². The smallest absolute Gasteiger partial charge is 0.198 e. The molecule has 22 heavy (non-hydrogen) atoms. The van der Waals surface area contributed by atoms with E-state index < -0.39 is 0 Å². The molecule has 108 valence electrons. The third-order valence-electron chi connectivity index (χ3n) is 3.55. The van der Waals surface area contributed by atoms with Crippen molar-refractivity contribution in [1.29, 1.82) is 0 Å². The first-order chi connectivity index (χ1) is 10.7. The number of benzene rings is 2. The molecule has 0 N–H and O–H groups in total. The van der Waals surface area contributed by atoms with Gasteiger partial charge in [0.15, 0.2) is 5.70 Å². The summed E-state index contributed by atoms with van der Waals surface area (Å²) in [5.74, 6) is 1.45. The van der Waals surface area contributed by atoms with E-state index in [0.29, 0.717) is 11.5 Å². The highest BCUT2D eigenvalue weighted by Gasteiger charge is 2.08. The van der Waals surface area contributed by atoms with Crippen LogP contribution in [0, 0.1) is 13.5 Å². The highest BCUT2D eigenvalue weighted by molar-refractivity contribution is 5.88. The zero-order valence-corrected chi connectivity index (χ0v) is 12.5. The molecule has 0 radical (unpaired) electrons. The van der Waals surface area contributed by atoms with Crippen molar-refractivity contribution in [2.24, 2.45) is 0 Å². The Hall–Kier alpha value is -2.99. The van der Waals surface area contributed by atoms with Crippen LogP contribution in [0.1, 0.15) is 16.9 Å². The van der Waals surface area contributed by atoms with Crippen molar-refractivity contribution >= 4 is 22.7 Å². The van der Waals surface area contributed by atoms with E-state index in [4.69, 9.17) is 15.7 Å². The molecule has 0 aliphatic heterocycles. The van der Waals surface area contributed by atoms with Crippen molar-refractivity contribution in [3.63, 3.8) is 0 Å². The molecule has 1 heterocycles. The molecule has 1 aromatic heterocycles. The van der Waals surface area contributed by atoms with E-state index in [2.05, 4.69) is 4.85 Å². The highest BCUT2D eigenvalue weighted by atomic mass is 16.5. The van der Waals surface area contributed by atoms with E-state index in [9.17, 15) is 0 Å². The SMILES string of the molecule is [C-]#[N+]/C(=C\c1cc2ccccc2o1)c1ccc(C)c(OC)c1. The fourth-order valence-electron chi connectivity index (χ4n) is 2.37. The Labute approximate surface area is 129 Å². The summed E-state index contributed by atoms with van der Waals surface area (Å²) < 4.78 is 11.1. The van der Waals surface area contributed by atoms with E-state index in [0.717, 1.165) is 27.8 Å². The fourth-order valence-corrected chi connectivity index (χ4v) is 2.37. The van der Waals surface area contributed by atoms with Gasteiger partial charge in [-0.25, -0.2) is 4.85 Å². The zero-order valence-electron chi connectivity index (χ0n) is 12.5. The molecule has 0 saturated heterocycles. The number of hydrogen-bond donors (Lipinski definition) is 0. The summed E-state index contributed by atoms with van der Waals surface area (Å²) in [4.78, 5) is 3.62. The lowest BCUT2D eigenvalue weighted by Crippen LogP contribution is -1.89. The normalized spacial score (nSPS) is 11.4. The summed E-state index contributed by atoms with van der Waals surface area (Å²) in [6.45, 7) is 9.41. The summed E-state index contributed by atoms with van der Waals surface area (Å²) in [5, 5.41) is 1.03. The molecule has 2 aromatic carbocycles. The van der Waals surface area contributed by atoms with Crippen molar-refractivity contribution in [2.75, 3.05) is 7.11 Å². The first-order valence-electron chi connectivity index (χ1n) is 6.94. The molecular weight excluding hydrogens is 274 g/mol. The molecule has 0 bridgehead atoms. The van der Waals surface area contributed by atoms with Gasteiger partial charge in [-0.05, 0) is 42.3 Å². The Morgan fingerprint density at radius 2 is 2.00 bits per heavy atom.